The molecule has 1 aromatic heterocycles. The molecule has 2 aliphatic rings. The molecule has 2 amide bonds. The van der Waals surface area contributed by atoms with E-state index in [-0.39, 0.29) is 11.1 Å². The fraction of sp³-hybridized carbons (Fsp3) is 0.250. The number of ether oxygens (including phenoxy) is 1. The molecule has 27 heavy (non-hydrogen) atoms. The molecule has 2 fully saturated rings. The zero-order valence-electron chi connectivity index (χ0n) is 14.6. The number of carbonyl (C=O) groups is 2. The number of amides is 2. The minimum atomic E-state index is -0.346. The third-order valence-corrected chi connectivity index (χ3v) is 5.39. The van der Waals surface area contributed by atoms with Crippen LogP contribution in [0.25, 0.3) is 6.08 Å². The van der Waals surface area contributed by atoms with Crippen molar-refractivity contribution in [1.82, 2.24) is 10.3 Å². The summed E-state index contributed by atoms with van der Waals surface area (Å²) in [5.41, 5.74) is 0.852. The predicted molar refractivity (Wildman–Crippen MR) is 106 cm³/mol. The minimum absolute atomic E-state index is 0.311. The van der Waals surface area contributed by atoms with Crippen molar-refractivity contribution in [3.63, 3.8) is 0 Å². The van der Waals surface area contributed by atoms with Crippen LogP contribution in [0.3, 0.4) is 0 Å². The highest BCUT2D eigenvalue weighted by molar-refractivity contribution is 8.18. The topological polar surface area (TPSA) is 71.5 Å². The van der Waals surface area contributed by atoms with E-state index in [0.29, 0.717) is 17.6 Å². The van der Waals surface area contributed by atoms with Crippen molar-refractivity contribution in [2.24, 2.45) is 0 Å². The normalized spacial score (nSPS) is 21.0. The summed E-state index contributed by atoms with van der Waals surface area (Å²) in [6, 6.07) is 13.8. The minimum Gasteiger partial charge on any atom is -0.491 e. The van der Waals surface area contributed by atoms with Crippen molar-refractivity contribution < 1.29 is 14.3 Å². The van der Waals surface area contributed by atoms with E-state index in [1.165, 1.54) is 0 Å². The van der Waals surface area contributed by atoms with Gasteiger partial charge in [-0.25, -0.2) is 4.98 Å². The van der Waals surface area contributed by atoms with Crippen LogP contribution in [-0.4, -0.2) is 35.3 Å². The van der Waals surface area contributed by atoms with Crippen LogP contribution in [0.15, 0.2) is 53.6 Å². The number of aromatic nitrogens is 1. The lowest BCUT2D eigenvalue weighted by Gasteiger charge is -2.25. The largest absolute Gasteiger partial charge is 0.491 e. The molecular formula is C20H19N3O3S. The van der Waals surface area contributed by atoms with Crippen molar-refractivity contribution in [2.45, 2.75) is 18.9 Å². The number of pyridine rings is 1. The van der Waals surface area contributed by atoms with Crippen LogP contribution < -0.4 is 15.0 Å². The first kappa shape index (κ1) is 17.6. The maximum Gasteiger partial charge on any atom is 0.290 e. The van der Waals surface area contributed by atoms with Crippen molar-refractivity contribution in [2.75, 3.05) is 18.1 Å². The van der Waals surface area contributed by atoms with Gasteiger partial charge in [0, 0.05) is 12.7 Å². The highest BCUT2D eigenvalue weighted by atomic mass is 32.2. The molecule has 0 bridgehead atoms. The summed E-state index contributed by atoms with van der Waals surface area (Å²) in [4.78, 5) is 30.0. The lowest BCUT2D eigenvalue weighted by atomic mass is 10.2. The molecule has 0 radical (unpaired) electrons. The summed E-state index contributed by atoms with van der Waals surface area (Å²) >= 11 is 0.917. The molecule has 2 aliphatic heterocycles. The summed E-state index contributed by atoms with van der Waals surface area (Å²) in [5.74, 6) is 1.43. The summed E-state index contributed by atoms with van der Waals surface area (Å²) in [6.45, 7) is 1.60. The summed E-state index contributed by atoms with van der Waals surface area (Å²) < 4.78 is 5.98. The van der Waals surface area contributed by atoms with Crippen LogP contribution in [0, 0.1) is 0 Å². The number of thioether (sulfide) groups is 1. The zero-order valence-corrected chi connectivity index (χ0v) is 15.4. The number of hydrogen-bond acceptors (Lipinski definition) is 6. The number of anilines is 1. The first-order valence-corrected chi connectivity index (χ1v) is 9.66. The highest BCUT2D eigenvalue weighted by Crippen LogP contribution is 2.27. The fourth-order valence-corrected chi connectivity index (χ4v) is 3.94. The van der Waals surface area contributed by atoms with Crippen LogP contribution in [0.4, 0.5) is 10.6 Å². The Labute approximate surface area is 161 Å². The number of imide groups is 1. The van der Waals surface area contributed by atoms with E-state index < -0.39 is 0 Å². The lowest BCUT2D eigenvalue weighted by Crippen LogP contribution is -2.34. The molecule has 3 heterocycles. The molecule has 4 rings (SSSR count). The highest BCUT2D eigenvalue weighted by Gasteiger charge is 2.26. The van der Waals surface area contributed by atoms with Crippen molar-refractivity contribution in [1.29, 1.82) is 0 Å². The average molecular weight is 381 g/mol. The maximum absolute atomic E-state index is 11.6. The first-order valence-electron chi connectivity index (χ1n) is 8.84. The second-order valence-corrected chi connectivity index (χ2v) is 7.42. The Hall–Kier alpha value is -2.80. The molecule has 0 spiro atoms. The molecule has 2 saturated heterocycles. The quantitative estimate of drug-likeness (QED) is 0.800. The second kappa shape index (κ2) is 7.84. The van der Waals surface area contributed by atoms with Gasteiger partial charge < -0.3 is 9.64 Å². The van der Waals surface area contributed by atoms with E-state index in [2.05, 4.69) is 15.2 Å². The Kier molecular flexibility index (Phi) is 5.11. The molecule has 0 unspecified atom stereocenters. The van der Waals surface area contributed by atoms with E-state index in [1.807, 2.05) is 48.7 Å². The molecule has 0 aliphatic carbocycles. The van der Waals surface area contributed by atoms with Gasteiger partial charge >= 0.3 is 0 Å². The number of rotatable bonds is 5. The number of nitrogens with zero attached hydrogens (tertiary/aromatic N) is 2. The van der Waals surface area contributed by atoms with Crippen LogP contribution in [0.1, 0.15) is 18.4 Å². The van der Waals surface area contributed by atoms with Gasteiger partial charge in [-0.1, -0.05) is 18.2 Å². The fourth-order valence-electron chi connectivity index (χ4n) is 3.26. The van der Waals surface area contributed by atoms with Gasteiger partial charge in [0.1, 0.15) is 18.2 Å². The number of hydrogen-bond donors (Lipinski definition) is 1. The van der Waals surface area contributed by atoms with Crippen molar-refractivity contribution in [3.05, 3.63) is 59.1 Å². The Bertz CT molecular complexity index is 868. The van der Waals surface area contributed by atoms with E-state index in [4.69, 9.17) is 4.74 Å². The van der Waals surface area contributed by atoms with E-state index in [1.54, 1.807) is 6.08 Å². The number of carbonyl (C=O) groups excluding carboxylic acids is 2. The molecule has 0 saturated carbocycles. The molecule has 138 valence electrons. The van der Waals surface area contributed by atoms with Gasteiger partial charge in [-0.3, -0.25) is 14.9 Å². The Morgan fingerprint density at radius 2 is 2.07 bits per heavy atom. The molecule has 1 aromatic carbocycles. The third kappa shape index (κ3) is 4.14. The summed E-state index contributed by atoms with van der Waals surface area (Å²) in [5, 5.41) is 1.92. The van der Waals surface area contributed by atoms with Gasteiger partial charge in [0.15, 0.2) is 0 Å². The van der Waals surface area contributed by atoms with E-state index in [0.717, 1.165) is 48.3 Å². The van der Waals surface area contributed by atoms with Gasteiger partial charge in [0.2, 0.25) is 0 Å². The maximum atomic E-state index is 11.6. The van der Waals surface area contributed by atoms with Crippen LogP contribution in [0.5, 0.6) is 5.75 Å². The Balaban J connectivity index is 1.37. The van der Waals surface area contributed by atoms with E-state index >= 15 is 0 Å². The van der Waals surface area contributed by atoms with Gasteiger partial charge in [-0.05, 0) is 60.5 Å². The van der Waals surface area contributed by atoms with Gasteiger partial charge in [0.25, 0.3) is 11.1 Å². The molecule has 7 heteroatoms. The monoisotopic (exact) mass is 381 g/mol. The molecule has 2 aromatic rings. The SMILES string of the molecule is O=C1NC(=O)/C(=C\c2ccc(OC[C@@H]3CCCN3c3ccccn3)cc2)S1. The first-order chi connectivity index (χ1) is 13.2. The molecular weight excluding hydrogens is 362 g/mol. The predicted octanol–water partition coefficient (Wildman–Crippen LogP) is 3.45. The van der Waals surface area contributed by atoms with Gasteiger partial charge in [0.05, 0.1) is 10.9 Å². The standard InChI is InChI=1S/C20H19N3O3S/c24-19-17(27-20(25)22-19)12-14-6-8-16(9-7-14)26-13-15-4-3-11-23(15)18-5-1-2-10-21-18/h1-2,5-10,12,15H,3-4,11,13H2,(H,22,24,25)/b17-12+/t15-/m0/s1. The molecule has 6 nitrogen and oxygen atoms in total. The zero-order chi connectivity index (χ0) is 18.6. The van der Waals surface area contributed by atoms with Crippen molar-refractivity contribution >= 4 is 34.8 Å². The van der Waals surface area contributed by atoms with Crippen LogP contribution >= 0.6 is 11.8 Å². The van der Waals surface area contributed by atoms with Crippen LogP contribution in [-0.2, 0) is 4.79 Å². The second-order valence-electron chi connectivity index (χ2n) is 6.41. The van der Waals surface area contributed by atoms with E-state index in [9.17, 15) is 9.59 Å². The van der Waals surface area contributed by atoms with Gasteiger partial charge in [-0.2, -0.15) is 0 Å². The number of benzene rings is 1. The smallest absolute Gasteiger partial charge is 0.290 e. The van der Waals surface area contributed by atoms with Crippen LogP contribution in [0.2, 0.25) is 0 Å². The van der Waals surface area contributed by atoms with Gasteiger partial charge in [-0.15, -0.1) is 0 Å². The molecule has 1 N–H and O–H groups in total. The lowest BCUT2D eigenvalue weighted by molar-refractivity contribution is -0.115. The third-order valence-electron chi connectivity index (χ3n) is 4.58. The number of nitrogens with one attached hydrogen (secondary N) is 1. The molecule has 1 atom stereocenters. The summed E-state index contributed by atoms with van der Waals surface area (Å²) in [6.07, 6.45) is 5.74. The van der Waals surface area contributed by atoms with Crippen molar-refractivity contribution in [3.8, 4) is 5.75 Å². The Morgan fingerprint density at radius 3 is 2.78 bits per heavy atom. The summed E-state index contributed by atoms with van der Waals surface area (Å²) in [7, 11) is 0. The Morgan fingerprint density at radius 1 is 1.22 bits per heavy atom. The average Bonchev–Trinajstić information content (AvgIpc) is 3.28.